The van der Waals surface area contributed by atoms with Gasteiger partial charge in [0, 0.05) is 12.8 Å². The largest absolute Gasteiger partial charge is 0.545 e. The number of hydrogen-bond acceptors (Lipinski definition) is 8. The fourth-order valence-electron chi connectivity index (χ4n) is 9.18. The van der Waals surface area contributed by atoms with Gasteiger partial charge in [-0.2, -0.15) is 0 Å². The molecular formula is C73H125NO8. The van der Waals surface area contributed by atoms with Crippen molar-refractivity contribution in [1.82, 2.24) is 0 Å². The first-order valence-corrected chi connectivity index (χ1v) is 33.5. The highest BCUT2D eigenvalue weighted by Crippen LogP contribution is 2.17. The van der Waals surface area contributed by atoms with Gasteiger partial charge in [0.25, 0.3) is 0 Å². The summed E-state index contributed by atoms with van der Waals surface area (Å²) in [5, 5.41) is 11.8. The molecule has 0 saturated carbocycles. The first-order valence-electron chi connectivity index (χ1n) is 33.5. The van der Waals surface area contributed by atoms with E-state index in [0.717, 1.165) is 103 Å². The summed E-state index contributed by atoms with van der Waals surface area (Å²) in [6.07, 6.45) is 84.4. The quantitative estimate of drug-likeness (QED) is 0.0195. The Morgan fingerprint density at radius 1 is 0.378 bits per heavy atom. The molecule has 0 spiro atoms. The van der Waals surface area contributed by atoms with Crippen molar-refractivity contribution in [2.24, 2.45) is 0 Å². The van der Waals surface area contributed by atoms with Crippen LogP contribution < -0.4 is 5.11 Å². The minimum atomic E-state index is -1.63. The number of rotatable bonds is 61. The minimum absolute atomic E-state index is 0.142. The van der Waals surface area contributed by atoms with Crippen molar-refractivity contribution in [3.8, 4) is 0 Å². The van der Waals surface area contributed by atoms with Crippen molar-refractivity contribution in [3.63, 3.8) is 0 Å². The normalized spacial score (nSPS) is 13.4. The molecule has 0 aliphatic carbocycles. The van der Waals surface area contributed by atoms with Gasteiger partial charge < -0.3 is 33.3 Å². The lowest BCUT2D eigenvalue weighted by molar-refractivity contribution is -0.870. The number of carbonyl (C=O) groups excluding carboxylic acids is 3. The third kappa shape index (κ3) is 63.5. The number of likely N-dealkylation sites (N-methyl/N-ethyl adjacent to an activating group) is 1. The van der Waals surface area contributed by atoms with Crippen LogP contribution in [0.25, 0.3) is 0 Å². The lowest BCUT2D eigenvalue weighted by Crippen LogP contribution is -2.44. The molecule has 0 aromatic heterocycles. The Balaban J connectivity index is 4.21. The number of carbonyl (C=O) groups is 3. The summed E-state index contributed by atoms with van der Waals surface area (Å²) in [6.45, 7) is 4.64. The number of unbranched alkanes of at least 4 members (excludes halogenated alkanes) is 28. The van der Waals surface area contributed by atoms with Crippen molar-refractivity contribution in [1.29, 1.82) is 0 Å². The van der Waals surface area contributed by atoms with Crippen LogP contribution in [-0.4, -0.2) is 82.3 Å². The fraction of sp³-hybridized carbons (Fsp3) is 0.712. The minimum Gasteiger partial charge on any atom is -0.545 e. The van der Waals surface area contributed by atoms with E-state index in [-0.39, 0.29) is 38.6 Å². The molecule has 0 aliphatic heterocycles. The first-order chi connectivity index (χ1) is 40.1. The Morgan fingerprint density at radius 2 is 0.695 bits per heavy atom. The number of allylic oxidation sites excluding steroid dienone is 18. The van der Waals surface area contributed by atoms with Crippen LogP contribution in [-0.2, 0) is 33.3 Å². The maximum atomic E-state index is 12.9. The molecule has 0 radical (unpaired) electrons. The number of nitrogens with zero attached hydrogens (tertiary/aromatic N) is 1. The van der Waals surface area contributed by atoms with Crippen LogP contribution in [0.15, 0.2) is 109 Å². The Kier molecular flexibility index (Phi) is 59.9. The average Bonchev–Trinajstić information content (AvgIpc) is 3.45. The van der Waals surface area contributed by atoms with E-state index in [1.54, 1.807) is 0 Å². The highest BCUT2D eigenvalue weighted by molar-refractivity contribution is 5.70. The predicted molar refractivity (Wildman–Crippen MR) is 347 cm³/mol. The zero-order valence-electron chi connectivity index (χ0n) is 53.6. The van der Waals surface area contributed by atoms with E-state index < -0.39 is 24.3 Å². The molecule has 0 bridgehead atoms. The van der Waals surface area contributed by atoms with Gasteiger partial charge in [0.1, 0.15) is 13.2 Å². The highest BCUT2D eigenvalue weighted by Gasteiger charge is 2.22. The van der Waals surface area contributed by atoms with E-state index in [0.29, 0.717) is 17.4 Å². The molecular weight excluding hydrogens is 1020 g/mol. The van der Waals surface area contributed by atoms with Gasteiger partial charge in [-0.05, 0) is 83.5 Å². The van der Waals surface area contributed by atoms with Crippen molar-refractivity contribution in [2.45, 2.75) is 289 Å². The van der Waals surface area contributed by atoms with E-state index >= 15 is 0 Å². The smallest absolute Gasteiger partial charge is 0.306 e. The van der Waals surface area contributed by atoms with Gasteiger partial charge in [0.05, 0.1) is 40.3 Å². The van der Waals surface area contributed by atoms with Crippen molar-refractivity contribution in [3.05, 3.63) is 109 Å². The molecule has 0 rings (SSSR count). The number of quaternary nitrogens is 1. The summed E-state index contributed by atoms with van der Waals surface area (Å²) in [7, 11) is 5.92. The molecule has 0 aromatic rings. The number of carboxylic acid groups (broad SMARTS) is 1. The van der Waals surface area contributed by atoms with Crippen molar-refractivity contribution in [2.75, 3.05) is 47.5 Å². The van der Waals surface area contributed by atoms with E-state index in [1.165, 1.54) is 141 Å². The van der Waals surface area contributed by atoms with E-state index in [2.05, 4.69) is 123 Å². The lowest BCUT2D eigenvalue weighted by atomic mass is 10.0. The predicted octanol–water partition coefficient (Wildman–Crippen LogP) is 19.3. The monoisotopic (exact) mass is 1140 g/mol. The van der Waals surface area contributed by atoms with E-state index in [9.17, 15) is 19.5 Å². The number of aliphatic carboxylic acids is 1. The molecule has 82 heavy (non-hydrogen) atoms. The summed E-state index contributed by atoms with van der Waals surface area (Å²) in [4.78, 5) is 37.4. The molecule has 9 nitrogen and oxygen atoms in total. The number of carboxylic acids is 1. The summed E-state index contributed by atoms with van der Waals surface area (Å²) >= 11 is 0. The fourth-order valence-corrected chi connectivity index (χ4v) is 9.18. The van der Waals surface area contributed by atoms with Crippen LogP contribution in [0.4, 0.5) is 0 Å². The third-order valence-electron chi connectivity index (χ3n) is 14.3. The van der Waals surface area contributed by atoms with Gasteiger partial charge in [-0.1, -0.05) is 290 Å². The van der Waals surface area contributed by atoms with Gasteiger partial charge in [0.2, 0.25) is 0 Å². The first kappa shape index (κ1) is 78.0. The molecule has 0 aromatic carbocycles. The molecule has 0 aliphatic rings. The Labute approximate surface area is 505 Å². The number of ether oxygens (including phenoxy) is 4. The third-order valence-corrected chi connectivity index (χ3v) is 14.3. The van der Waals surface area contributed by atoms with Crippen LogP contribution in [0.2, 0.25) is 0 Å². The molecule has 470 valence electrons. The van der Waals surface area contributed by atoms with E-state index in [4.69, 9.17) is 18.9 Å². The lowest BCUT2D eigenvalue weighted by Gasteiger charge is -2.26. The second-order valence-electron chi connectivity index (χ2n) is 23.4. The van der Waals surface area contributed by atoms with Gasteiger partial charge in [-0.25, -0.2) is 0 Å². The second kappa shape index (κ2) is 63.0. The zero-order chi connectivity index (χ0) is 59.8. The maximum absolute atomic E-state index is 12.9. The van der Waals surface area contributed by atoms with Crippen LogP contribution in [0.5, 0.6) is 0 Å². The Hall–Kier alpha value is -4.05. The number of esters is 2. The van der Waals surface area contributed by atoms with Gasteiger partial charge in [-0.15, -0.1) is 0 Å². The molecule has 2 atom stereocenters. The summed E-state index contributed by atoms with van der Waals surface area (Å²) in [5.74, 6) is -2.29. The maximum Gasteiger partial charge on any atom is 0.306 e. The van der Waals surface area contributed by atoms with Crippen LogP contribution in [0.3, 0.4) is 0 Å². The molecule has 0 amide bonds. The topological polar surface area (TPSA) is 111 Å². The summed E-state index contributed by atoms with van der Waals surface area (Å²) in [5.41, 5.74) is 0. The van der Waals surface area contributed by atoms with E-state index in [1.807, 2.05) is 21.1 Å². The molecule has 0 fully saturated rings. The van der Waals surface area contributed by atoms with Gasteiger partial charge in [-0.3, -0.25) is 9.59 Å². The highest BCUT2D eigenvalue weighted by atomic mass is 16.7. The zero-order valence-corrected chi connectivity index (χ0v) is 53.6. The van der Waals surface area contributed by atoms with Crippen LogP contribution in [0.1, 0.15) is 277 Å². The summed E-state index contributed by atoms with van der Waals surface area (Å²) in [6, 6.07) is 0. The second-order valence-corrected chi connectivity index (χ2v) is 23.4. The van der Waals surface area contributed by atoms with Gasteiger partial charge in [0.15, 0.2) is 12.4 Å². The molecule has 0 heterocycles. The Morgan fingerprint density at radius 3 is 1.04 bits per heavy atom. The molecule has 9 heteroatoms. The molecule has 2 unspecified atom stereocenters. The van der Waals surface area contributed by atoms with Crippen molar-refractivity contribution >= 4 is 17.9 Å². The van der Waals surface area contributed by atoms with Gasteiger partial charge >= 0.3 is 11.9 Å². The van der Waals surface area contributed by atoms with Crippen LogP contribution in [0, 0.1) is 0 Å². The SMILES string of the molecule is CC/C=C\C/C=C\C/C=C\C/C=C\C/C=C\C/C=C\C/C=C\C/C=C\C/C=C\CCCCCCCCCC(=O)OC(COC(=O)CCCCCCCCCCCCCCCCCCCCCCCC)COC(OCC[N+](C)(C)C)C(=O)[O-]. The number of hydrogen-bond donors (Lipinski definition) is 0. The molecule has 0 saturated heterocycles. The molecule has 0 N–H and O–H groups in total. The van der Waals surface area contributed by atoms with Crippen LogP contribution >= 0.6 is 0 Å². The standard InChI is InChI=1S/C73H125NO8/c1-6-8-10-12-14-16-18-20-22-24-26-28-30-31-32-33-34-35-36-37-38-39-40-41-42-44-46-48-50-52-54-56-58-60-62-64-71(76)82-69(68-81-73(72(77)78)79-66-65-74(3,4)5)67-80-70(75)63-61-59-57-55-53-51-49-47-45-43-29-27-25-23-21-19-17-15-13-11-9-7-2/h8,10,14,16,20,22,26,28,31-32,34-35,37-38,40-41,44,46,69,73H,6-7,9,11-13,15,17-19,21,23-25,27,29-30,33,36,39,42-43,45,47-68H2,1-5H3/b10-8-,16-14-,22-20-,28-26-,32-31-,35-34-,38-37-,41-40-,46-44-. The summed E-state index contributed by atoms with van der Waals surface area (Å²) < 4.78 is 22.8. The van der Waals surface area contributed by atoms with Crippen molar-refractivity contribution < 1.29 is 42.9 Å². The Bertz CT molecular complexity index is 1710. The average molecular weight is 1140 g/mol.